The monoisotopic (exact) mass is 461 g/mol. The molecular weight excluding hydrogens is 438 g/mol. The van der Waals surface area contributed by atoms with Crippen LogP contribution in [-0.4, -0.2) is 35.0 Å². The Labute approximate surface area is 197 Å². The number of fused-ring (bicyclic) bond motifs is 1. The first kappa shape index (κ1) is 22.7. The summed E-state index contributed by atoms with van der Waals surface area (Å²) in [6.45, 7) is 4.12. The third kappa shape index (κ3) is 5.29. The molecule has 4 rings (SSSR count). The summed E-state index contributed by atoms with van der Waals surface area (Å²) < 4.78 is 5.37. The molecule has 1 aromatic heterocycles. The number of ether oxygens (including phenoxy) is 1. The molecule has 1 N–H and O–H groups in total. The summed E-state index contributed by atoms with van der Waals surface area (Å²) in [5.74, 6) is 0.322. The normalized spacial score (nSPS) is 14.1. The van der Waals surface area contributed by atoms with Crippen LogP contribution in [-0.2, 0) is 6.42 Å². The molecule has 1 aliphatic heterocycles. The fraction of sp³-hybridized carbons (Fsp3) is 0.231. The van der Waals surface area contributed by atoms with Gasteiger partial charge >= 0.3 is 0 Å². The zero-order chi connectivity index (χ0) is 23.6. The molecule has 6 nitrogen and oxygen atoms in total. The molecule has 0 unspecified atom stereocenters. The minimum Gasteiger partial charge on any atom is -0.497 e. The number of carbonyl (C=O) groups excluding carboxylic acids is 2. The van der Waals surface area contributed by atoms with E-state index in [1.54, 1.807) is 43.5 Å². The van der Waals surface area contributed by atoms with Gasteiger partial charge in [0.25, 0.3) is 5.91 Å². The number of aromatic nitrogens is 1. The first-order chi connectivity index (χ1) is 15.7. The second-order valence-electron chi connectivity index (χ2n) is 8.58. The molecular formula is C26H24ClN3O3. The number of nitrogens with one attached hydrogen (secondary N) is 1. The highest BCUT2D eigenvalue weighted by molar-refractivity contribution is 6.29. The lowest BCUT2D eigenvalue weighted by molar-refractivity contribution is 0.0996. The fourth-order valence-corrected chi connectivity index (χ4v) is 4.02. The maximum Gasteiger partial charge on any atom is 0.257 e. The Balaban J connectivity index is 1.55. The topological polar surface area (TPSA) is 80.6 Å². The summed E-state index contributed by atoms with van der Waals surface area (Å²) >= 11 is 5.78. The average molecular weight is 462 g/mol. The summed E-state index contributed by atoms with van der Waals surface area (Å²) in [6, 6.07) is 15.9. The number of amides is 1. The van der Waals surface area contributed by atoms with E-state index in [0.717, 1.165) is 29.0 Å². The van der Waals surface area contributed by atoms with E-state index in [2.05, 4.69) is 24.1 Å². The first-order valence-corrected chi connectivity index (χ1v) is 10.9. The third-order valence-corrected chi connectivity index (χ3v) is 5.67. The number of Topliss-reactive ketones (excluding diaryl/α,β-unsaturated/α-hetero) is 1. The Bertz CT molecular complexity index is 1250. The van der Waals surface area contributed by atoms with Crippen LogP contribution in [0.25, 0.3) is 0 Å². The van der Waals surface area contributed by atoms with Crippen molar-refractivity contribution in [3.8, 4) is 5.75 Å². The maximum absolute atomic E-state index is 13.2. The van der Waals surface area contributed by atoms with Crippen molar-refractivity contribution in [2.45, 2.75) is 32.2 Å². The molecule has 0 saturated carbocycles. The molecule has 33 heavy (non-hydrogen) atoms. The van der Waals surface area contributed by atoms with Gasteiger partial charge in [0, 0.05) is 23.0 Å². The fourth-order valence-electron chi connectivity index (χ4n) is 3.91. The number of hydrogen-bond acceptors (Lipinski definition) is 5. The van der Waals surface area contributed by atoms with Gasteiger partial charge in [-0.05, 0) is 62.2 Å². The first-order valence-electron chi connectivity index (χ1n) is 10.6. The molecule has 168 valence electrons. The van der Waals surface area contributed by atoms with Crippen molar-refractivity contribution < 1.29 is 14.3 Å². The Morgan fingerprint density at radius 3 is 2.64 bits per heavy atom. The molecule has 3 aromatic rings. The van der Waals surface area contributed by atoms with Crippen LogP contribution in [0.3, 0.4) is 0 Å². The third-order valence-electron chi connectivity index (χ3n) is 5.45. The summed E-state index contributed by atoms with van der Waals surface area (Å²) in [5.41, 5.74) is 3.94. The van der Waals surface area contributed by atoms with Crippen molar-refractivity contribution in [3.63, 3.8) is 0 Å². The van der Waals surface area contributed by atoms with Crippen LogP contribution in [0.15, 0.2) is 65.8 Å². The zero-order valence-electron chi connectivity index (χ0n) is 18.7. The Kier molecular flexibility index (Phi) is 6.29. The molecule has 0 spiro atoms. The zero-order valence-corrected chi connectivity index (χ0v) is 19.4. The highest BCUT2D eigenvalue weighted by Crippen LogP contribution is 2.31. The van der Waals surface area contributed by atoms with E-state index in [-0.39, 0.29) is 23.7 Å². The van der Waals surface area contributed by atoms with Crippen molar-refractivity contribution in [1.82, 2.24) is 4.98 Å². The molecule has 0 fully saturated rings. The van der Waals surface area contributed by atoms with Gasteiger partial charge in [0.05, 0.1) is 30.3 Å². The van der Waals surface area contributed by atoms with Crippen molar-refractivity contribution >= 4 is 34.7 Å². The summed E-state index contributed by atoms with van der Waals surface area (Å²) in [5, 5.41) is 3.11. The van der Waals surface area contributed by atoms with Crippen LogP contribution in [0.1, 0.15) is 52.1 Å². The Morgan fingerprint density at radius 1 is 1.09 bits per heavy atom. The van der Waals surface area contributed by atoms with E-state index in [9.17, 15) is 9.59 Å². The summed E-state index contributed by atoms with van der Waals surface area (Å²) in [4.78, 5) is 34.5. The Morgan fingerprint density at radius 2 is 1.91 bits per heavy atom. The minimum atomic E-state index is -0.330. The van der Waals surface area contributed by atoms with Gasteiger partial charge in [0.2, 0.25) is 0 Å². The van der Waals surface area contributed by atoms with Gasteiger partial charge in [-0.2, -0.15) is 0 Å². The maximum atomic E-state index is 13.2. The van der Waals surface area contributed by atoms with Gasteiger partial charge in [-0.15, -0.1) is 0 Å². The molecule has 0 radical (unpaired) electrons. The number of nitrogens with zero attached hydrogens (tertiary/aromatic N) is 2. The lowest BCUT2D eigenvalue weighted by Crippen LogP contribution is -2.30. The number of methoxy groups -OCH3 is 1. The van der Waals surface area contributed by atoms with E-state index in [1.165, 1.54) is 6.20 Å². The smallest absolute Gasteiger partial charge is 0.257 e. The highest BCUT2D eigenvalue weighted by atomic mass is 35.5. The van der Waals surface area contributed by atoms with Crippen LogP contribution in [0, 0.1) is 0 Å². The second kappa shape index (κ2) is 9.16. The van der Waals surface area contributed by atoms with Crippen LogP contribution in [0.5, 0.6) is 5.75 Å². The molecule has 0 atom stereocenters. The van der Waals surface area contributed by atoms with Crippen molar-refractivity contribution in [2.24, 2.45) is 4.99 Å². The van der Waals surface area contributed by atoms with Crippen LogP contribution < -0.4 is 10.1 Å². The van der Waals surface area contributed by atoms with Crippen LogP contribution in [0.2, 0.25) is 5.15 Å². The lowest BCUT2D eigenvalue weighted by atomic mass is 9.85. The van der Waals surface area contributed by atoms with Crippen LogP contribution in [0.4, 0.5) is 5.69 Å². The van der Waals surface area contributed by atoms with Crippen molar-refractivity contribution in [3.05, 3.63) is 88.2 Å². The minimum absolute atomic E-state index is 0.0792. The van der Waals surface area contributed by atoms with E-state index in [4.69, 9.17) is 21.3 Å². The molecule has 0 bridgehead atoms. The molecule has 2 heterocycles. The number of hydrogen-bond donors (Lipinski definition) is 1. The van der Waals surface area contributed by atoms with Gasteiger partial charge < -0.3 is 10.1 Å². The Hall–Kier alpha value is -3.51. The largest absolute Gasteiger partial charge is 0.497 e. The van der Waals surface area contributed by atoms with E-state index in [0.29, 0.717) is 22.0 Å². The number of benzene rings is 2. The number of ketones is 1. The van der Waals surface area contributed by atoms with Crippen LogP contribution >= 0.6 is 11.6 Å². The quantitative estimate of drug-likeness (QED) is 0.394. The molecule has 0 saturated heterocycles. The molecule has 1 aliphatic rings. The second-order valence-corrected chi connectivity index (χ2v) is 8.96. The van der Waals surface area contributed by atoms with Crippen molar-refractivity contribution in [1.29, 1.82) is 0 Å². The lowest BCUT2D eigenvalue weighted by Gasteiger charge is -2.29. The highest BCUT2D eigenvalue weighted by Gasteiger charge is 2.28. The summed E-state index contributed by atoms with van der Waals surface area (Å²) in [6.07, 6.45) is 2.36. The van der Waals surface area contributed by atoms with E-state index in [1.807, 2.05) is 18.2 Å². The molecule has 2 aromatic carbocycles. The average Bonchev–Trinajstić information content (AvgIpc) is 2.78. The number of pyridine rings is 1. The van der Waals surface area contributed by atoms with Gasteiger partial charge in [0.15, 0.2) is 5.78 Å². The molecule has 7 heteroatoms. The predicted octanol–water partition coefficient (Wildman–Crippen LogP) is 5.39. The number of carbonyl (C=O) groups is 2. The molecule has 1 amide bonds. The van der Waals surface area contributed by atoms with E-state index >= 15 is 0 Å². The van der Waals surface area contributed by atoms with Gasteiger partial charge in [0.1, 0.15) is 10.9 Å². The van der Waals surface area contributed by atoms with Gasteiger partial charge in [-0.1, -0.05) is 29.8 Å². The number of halogens is 1. The summed E-state index contributed by atoms with van der Waals surface area (Å²) in [7, 11) is 1.62. The number of anilines is 1. The van der Waals surface area contributed by atoms with E-state index < -0.39 is 0 Å². The predicted molar refractivity (Wildman–Crippen MR) is 130 cm³/mol. The van der Waals surface area contributed by atoms with Gasteiger partial charge in [-0.3, -0.25) is 14.6 Å². The van der Waals surface area contributed by atoms with Crippen molar-refractivity contribution in [2.75, 3.05) is 12.4 Å². The van der Waals surface area contributed by atoms with Gasteiger partial charge in [-0.25, -0.2) is 4.98 Å². The molecule has 0 aliphatic carbocycles. The SMILES string of the molecule is COc1ccc2c(c1)C(CC(=O)c1cccc(NC(=O)c3ccc(Cl)nc3)c1)=NC(C)(C)C2. The standard InChI is InChI=1S/C26H24ClN3O3/c1-26(2)14-17-7-9-20(33-3)12-21(17)22(30-26)13-23(31)16-5-4-6-19(11-16)29-25(32)18-8-10-24(27)28-15-18/h4-12,15H,13-14H2,1-3H3,(H,29,32). The number of rotatable bonds is 6. The number of aliphatic imine (C=N–C) groups is 1.